The lowest BCUT2D eigenvalue weighted by Crippen LogP contribution is -2.79. The molecule has 2 fully saturated rings. The maximum atomic E-state index is 14.5. The number of phenolic OH excluding ortho intramolecular Hbond substituents is 1. The predicted molar refractivity (Wildman–Crippen MR) is 180 cm³/mol. The number of carbonyl (C=O) groups excluding carboxylic acids is 4. The standard InChI is InChI=1S/C34H40BrF3N4O8/c1-13(2)22-26(45)21(29(39)48)27(46)33(50)28(47)23-25(44)20-15(11-31(23,3)12-32(22,33)4)19(42(5)6)10-18(24(20)43)41-30(49)40-17-8-7-14(35)9-16(17)34(36,37)38/h7-10,13,21-23,26,28,43,45,47,50H,11-12H2,1-6H3,(H2,39,48)(H2,40,41,49)/t21?,22-,23?,26?,28?,31+,32+,33-/m0/s1. The number of aromatic hydroxyl groups is 1. The molecule has 3 aliphatic rings. The van der Waals surface area contributed by atoms with Crippen LogP contribution in [0.15, 0.2) is 28.7 Å². The molecule has 272 valence electrons. The number of aliphatic hydroxyl groups is 3. The molecule has 16 heteroatoms. The van der Waals surface area contributed by atoms with Crippen molar-refractivity contribution in [3.8, 4) is 5.75 Å². The smallest absolute Gasteiger partial charge is 0.418 e. The van der Waals surface area contributed by atoms with Gasteiger partial charge in [0.2, 0.25) is 5.91 Å². The van der Waals surface area contributed by atoms with Gasteiger partial charge in [0.1, 0.15) is 17.8 Å². The minimum atomic E-state index is -4.82. The fraction of sp³-hybridized carbons (Fsp3) is 0.529. The summed E-state index contributed by atoms with van der Waals surface area (Å²) < 4.78 is 41.2. The van der Waals surface area contributed by atoms with Crippen molar-refractivity contribution in [3.05, 3.63) is 45.4 Å². The number of Topliss-reactive ketones (excluding diaryl/α,β-unsaturated/α-hetero) is 2. The number of urea groups is 1. The minimum absolute atomic E-state index is 0.0250. The quantitative estimate of drug-likeness (QED) is 0.173. The zero-order chi connectivity index (χ0) is 37.6. The molecule has 8 N–H and O–H groups in total. The van der Waals surface area contributed by atoms with Crippen LogP contribution in [0.25, 0.3) is 0 Å². The maximum absolute atomic E-state index is 14.5. The molecule has 3 aliphatic carbocycles. The first-order chi connectivity index (χ1) is 22.9. The monoisotopic (exact) mass is 768 g/mol. The van der Waals surface area contributed by atoms with Crippen molar-refractivity contribution < 1.29 is 52.8 Å². The van der Waals surface area contributed by atoms with Gasteiger partial charge < -0.3 is 41.7 Å². The van der Waals surface area contributed by atoms with Crippen LogP contribution in [0, 0.1) is 34.5 Å². The second kappa shape index (κ2) is 12.2. The summed E-state index contributed by atoms with van der Waals surface area (Å²) >= 11 is 2.98. The van der Waals surface area contributed by atoms with Crippen molar-refractivity contribution in [3.63, 3.8) is 0 Å². The molecule has 8 atom stereocenters. The number of ketones is 2. The van der Waals surface area contributed by atoms with Gasteiger partial charge in [-0.25, -0.2) is 4.79 Å². The van der Waals surface area contributed by atoms with Gasteiger partial charge in [-0.05, 0) is 59.9 Å². The number of phenols is 1. The fourth-order valence-corrected chi connectivity index (χ4v) is 9.57. The van der Waals surface area contributed by atoms with Gasteiger partial charge in [-0.1, -0.05) is 43.6 Å². The van der Waals surface area contributed by atoms with Crippen LogP contribution in [-0.2, 0) is 22.2 Å². The third-order valence-corrected chi connectivity index (χ3v) is 11.5. The highest BCUT2D eigenvalue weighted by molar-refractivity contribution is 9.10. The van der Waals surface area contributed by atoms with E-state index in [1.54, 1.807) is 46.7 Å². The third-order valence-electron chi connectivity index (χ3n) is 11.0. The lowest BCUT2D eigenvalue weighted by Gasteiger charge is -2.66. The highest BCUT2D eigenvalue weighted by Gasteiger charge is 2.76. The number of amides is 3. The number of fused-ring (bicyclic) bond motifs is 3. The molecule has 0 spiro atoms. The Morgan fingerprint density at radius 3 is 2.22 bits per heavy atom. The molecule has 4 unspecified atom stereocenters. The molecular weight excluding hydrogens is 729 g/mol. The Bertz CT molecular complexity index is 1800. The lowest BCUT2D eigenvalue weighted by molar-refractivity contribution is -0.265. The van der Waals surface area contributed by atoms with E-state index < -0.39 is 99.0 Å². The summed E-state index contributed by atoms with van der Waals surface area (Å²) in [5.41, 5.74) is -1.61. The number of hydrogen-bond donors (Lipinski definition) is 7. The van der Waals surface area contributed by atoms with Crippen molar-refractivity contribution >= 4 is 56.5 Å². The number of carbonyl (C=O) groups is 4. The number of rotatable bonds is 5. The molecule has 0 aliphatic heterocycles. The van der Waals surface area contributed by atoms with E-state index in [0.717, 1.165) is 12.1 Å². The highest BCUT2D eigenvalue weighted by atomic mass is 79.9. The number of nitrogens with one attached hydrogen (secondary N) is 2. The summed E-state index contributed by atoms with van der Waals surface area (Å²) in [5.74, 6) is -8.73. The number of hydrogen-bond acceptors (Lipinski definition) is 9. The molecule has 0 radical (unpaired) electrons. The van der Waals surface area contributed by atoms with Crippen LogP contribution >= 0.6 is 15.9 Å². The van der Waals surface area contributed by atoms with Gasteiger partial charge in [0.15, 0.2) is 17.2 Å². The van der Waals surface area contributed by atoms with Crippen molar-refractivity contribution in [1.82, 2.24) is 0 Å². The van der Waals surface area contributed by atoms with Crippen LogP contribution in [0.5, 0.6) is 5.75 Å². The number of nitrogens with zero attached hydrogens (tertiary/aromatic N) is 1. The zero-order valence-electron chi connectivity index (χ0n) is 28.1. The van der Waals surface area contributed by atoms with E-state index in [4.69, 9.17) is 5.73 Å². The van der Waals surface area contributed by atoms with Crippen LogP contribution in [0.4, 0.5) is 35.0 Å². The summed E-state index contributed by atoms with van der Waals surface area (Å²) in [6.45, 7) is 6.73. The van der Waals surface area contributed by atoms with E-state index in [1.165, 1.54) is 12.1 Å². The first-order valence-electron chi connectivity index (χ1n) is 15.9. The molecule has 2 saturated carbocycles. The maximum Gasteiger partial charge on any atom is 0.418 e. The molecular formula is C34H40BrF3N4O8. The van der Waals surface area contributed by atoms with E-state index in [9.17, 15) is 52.8 Å². The zero-order valence-corrected chi connectivity index (χ0v) is 29.7. The fourth-order valence-electron chi connectivity index (χ4n) is 9.21. The summed E-state index contributed by atoms with van der Waals surface area (Å²) in [5, 5.41) is 51.6. The Kier molecular flexibility index (Phi) is 9.16. The minimum Gasteiger partial charge on any atom is -0.505 e. The molecule has 3 amide bonds. The van der Waals surface area contributed by atoms with E-state index in [0.29, 0.717) is 11.3 Å². The van der Waals surface area contributed by atoms with E-state index >= 15 is 0 Å². The van der Waals surface area contributed by atoms with Gasteiger partial charge in [-0.2, -0.15) is 13.2 Å². The van der Waals surface area contributed by atoms with Crippen molar-refractivity contribution in [2.45, 2.75) is 64.5 Å². The number of benzene rings is 2. The van der Waals surface area contributed by atoms with Crippen LogP contribution in [0.2, 0.25) is 0 Å². The first kappa shape index (κ1) is 37.5. The van der Waals surface area contributed by atoms with E-state index in [1.807, 2.05) is 0 Å². The summed E-state index contributed by atoms with van der Waals surface area (Å²) in [7, 11) is 3.27. The molecule has 2 aromatic carbocycles. The van der Waals surface area contributed by atoms with Crippen molar-refractivity contribution in [1.29, 1.82) is 0 Å². The van der Waals surface area contributed by atoms with E-state index in [-0.39, 0.29) is 28.6 Å². The Labute approximate surface area is 294 Å². The third kappa shape index (κ3) is 5.45. The number of nitrogens with two attached hydrogens (primary N) is 1. The number of alkyl halides is 3. The molecule has 0 saturated heterocycles. The van der Waals surface area contributed by atoms with Crippen molar-refractivity contribution in [2.75, 3.05) is 29.6 Å². The topological polar surface area (TPSA) is 203 Å². The van der Waals surface area contributed by atoms with Crippen LogP contribution < -0.4 is 21.3 Å². The van der Waals surface area contributed by atoms with E-state index in [2.05, 4.69) is 26.6 Å². The summed E-state index contributed by atoms with van der Waals surface area (Å²) in [4.78, 5) is 55.6. The largest absolute Gasteiger partial charge is 0.505 e. The lowest BCUT2D eigenvalue weighted by atomic mass is 9.39. The van der Waals surface area contributed by atoms with Gasteiger partial charge in [-0.15, -0.1) is 0 Å². The molecule has 0 bridgehead atoms. The molecule has 2 aromatic rings. The molecule has 50 heavy (non-hydrogen) atoms. The van der Waals surface area contributed by atoms with Crippen molar-refractivity contribution in [2.24, 2.45) is 40.2 Å². The Hall–Kier alpha value is -3.73. The number of halogens is 4. The van der Waals surface area contributed by atoms with Crippen LogP contribution in [-0.4, -0.2) is 75.8 Å². The SMILES string of the molecule is CC(C)[C@H]1C(O)C(C(N)=O)C(=O)[C@]2(O)C(O)C3C(=O)c4c(O)c(NC(=O)Nc5ccc(Br)cc5C(F)(F)F)cc(N(C)C)c4C[C@]3(C)C[C@]12C. The van der Waals surface area contributed by atoms with Crippen LogP contribution in [0.3, 0.4) is 0 Å². The Morgan fingerprint density at radius 2 is 1.68 bits per heavy atom. The summed E-state index contributed by atoms with van der Waals surface area (Å²) in [6, 6.07) is 3.30. The van der Waals surface area contributed by atoms with Crippen LogP contribution in [0.1, 0.15) is 55.6 Å². The summed E-state index contributed by atoms with van der Waals surface area (Å²) in [6.07, 6.45) is -8.55. The number of anilines is 3. The van der Waals surface area contributed by atoms with Gasteiger partial charge in [0.25, 0.3) is 0 Å². The molecule has 0 heterocycles. The van der Waals surface area contributed by atoms with Gasteiger partial charge in [0.05, 0.1) is 34.5 Å². The van der Waals surface area contributed by atoms with Gasteiger partial charge in [-0.3, -0.25) is 14.4 Å². The molecule has 5 rings (SSSR count). The Balaban J connectivity index is 1.61. The second-order valence-corrected chi connectivity index (χ2v) is 15.7. The molecule has 12 nitrogen and oxygen atoms in total. The van der Waals surface area contributed by atoms with Gasteiger partial charge in [0, 0.05) is 29.7 Å². The predicted octanol–water partition coefficient (Wildman–Crippen LogP) is 4.06. The average molecular weight is 770 g/mol. The first-order valence-corrected chi connectivity index (χ1v) is 16.7. The molecule has 0 aromatic heterocycles. The Morgan fingerprint density at radius 1 is 1.08 bits per heavy atom. The normalized spacial score (nSPS) is 32.2. The second-order valence-electron chi connectivity index (χ2n) is 14.8. The van der Waals surface area contributed by atoms with Gasteiger partial charge >= 0.3 is 12.2 Å². The highest BCUT2D eigenvalue weighted by Crippen LogP contribution is 2.66. The number of primary amides is 1. The average Bonchev–Trinajstić information content (AvgIpc) is 2.96. The number of aliphatic hydroxyl groups excluding tert-OH is 2.